The number of hydrogen-bond donors (Lipinski definition) is 1. The molecule has 1 aliphatic heterocycles. The number of nitrogens with one attached hydrogen (secondary N) is 1. The highest BCUT2D eigenvalue weighted by Crippen LogP contribution is 2.34. The number of ether oxygens (including phenoxy) is 2. The molecule has 0 aromatic heterocycles. The number of halogens is 1. The van der Waals surface area contributed by atoms with E-state index in [1.54, 1.807) is 12.1 Å². The van der Waals surface area contributed by atoms with Gasteiger partial charge in [-0.3, -0.25) is 14.9 Å². The summed E-state index contributed by atoms with van der Waals surface area (Å²) in [5, 5.41) is 14.4. The van der Waals surface area contributed by atoms with E-state index in [2.05, 4.69) is 21.2 Å². The Morgan fingerprint density at radius 1 is 1.30 bits per heavy atom. The van der Waals surface area contributed by atoms with E-state index in [-0.39, 0.29) is 23.1 Å². The number of rotatable bonds is 8. The molecule has 7 nitrogen and oxygen atoms in total. The molecule has 2 aromatic rings. The highest BCUT2D eigenvalue weighted by Gasteiger charge is 2.36. The number of methoxy groups -OCH3 is 1. The second-order valence-electron chi connectivity index (χ2n) is 7.01. The molecule has 1 saturated heterocycles. The molecule has 0 saturated carbocycles. The van der Waals surface area contributed by atoms with Gasteiger partial charge < -0.3 is 14.8 Å². The van der Waals surface area contributed by atoms with E-state index in [1.807, 2.05) is 24.3 Å². The monoisotopic (exact) mass is 494 g/mol. The van der Waals surface area contributed by atoms with Crippen molar-refractivity contribution >= 4 is 39.3 Å². The number of hydrogen-bond acceptors (Lipinski definition) is 6. The summed E-state index contributed by atoms with van der Waals surface area (Å²) in [5.74, 6) is 0.911. The zero-order chi connectivity index (χ0) is 21.6. The maximum absolute atomic E-state index is 12.7. The van der Waals surface area contributed by atoms with Gasteiger partial charge in [0.1, 0.15) is 0 Å². The molecule has 0 unspecified atom stereocenters. The molecule has 0 aliphatic carbocycles. The standard InChI is InChI=1S/C21H23BrN2O5S/c1-28-19-6-5-15(11-18(19)24(26)27)13-30-14-20(25)23-21(7-9-29-10-8-21)16-3-2-4-17(22)12-16/h2-6,11-12H,7-10,13-14H2,1H3,(H,23,25). The van der Waals surface area contributed by atoms with Crippen LogP contribution in [0, 0.1) is 10.1 Å². The summed E-state index contributed by atoms with van der Waals surface area (Å²) in [6.45, 7) is 1.19. The van der Waals surface area contributed by atoms with Gasteiger partial charge in [-0.15, -0.1) is 11.8 Å². The number of carbonyl (C=O) groups excluding carboxylic acids is 1. The Morgan fingerprint density at radius 2 is 2.07 bits per heavy atom. The van der Waals surface area contributed by atoms with Crippen molar-refractivity contribution in [2.45, 2.75) is 24.1 Å². The van der Waals surface area contributed by atoms with E-state index in [9.17, 15) is 14.9 Å². The Bertz CT molecular complexity index is 918. The molecule has 1 heterocycles. The van der Waals surface area contributed by atoms with Crippen LogP contribution in [-0.2, 0) is 20.8 Å². The molecule has 0 spiro atoms. The Balaban J connectivity index is 1.63. The summed E-state index contributed by atoms with van der Waals surface area (Å²) in [6, 6.07) is 12.8. The number of nitro benzene ring substituents is 1. The second-order valence-corrected chi connectivity index (χ2v) is 8.91. The number of amides is 1. The van der Waals surface area contributed by atoms with Crippen molar-refractivity contribution < 1.29 is 19.2 Å². The van der Waals surface area contributed by atoms with Crippen LogP contribution >= 0.6 is 27.7 Å². The Kier molecular flexibility index (Phi) is 7.74. The first kappa shape index (κ1) is 22.6. The van der Waals surface area contributed by atoms with Crippen LogP contribution in [0.1, 0.15) is 24.0 Å². The van der Waals surface area contributed by atoms with Crippen molar-refractivity contribution in [1.82, 2.24) is 5.32 Å². The van der Waals surface area contributed by atoms with Crippen molar-refractivity contribution in [3.05, 3.63) is 68.2 Å². The predicted octanol–water partition coefficient (Wildman–Crippen LogP) is 4.42. The SMILES string of the molecule is COc1ccc(CSCC(=O)NC2(c3cccc(Br)c3)CCOCC2)cc1[N+](=O)[O-]. The van der Waals surface area contributed by atoms with Crippen LogP contribution in [-0.4, -0.2) is 36.9 Å². The molecule has 2 aromatic carbocycles. The zero-order valence-corrected chi connectivity index (χ0v) is 19.0. The van der Waals surface area contributed by atoms with Crippen molar-refractivity contribution in [2.75, 3.05) is 26.1 Å². The number of thioether (sulfide) groups is 1. The van der Waals surface area contributed by atoms with E-state index >= 15 is 0 Å². The fraction of sp³-hybridized carbons (Fsp3) is 0.381. The fourth-order valence-corrected chi connectivity index (χ4v) is 4.70. The van der Waals surface area contributed by atoms with E-state index in [1.165, 1.54) is 24.9 Å². The van der Waals surface area contributed by atoms with Crippen molar-refractivity contribution in [1.29, 1.82) is 0 Å². The first-order valence-electron chi connectivity index (χ1n) is 9.47. The molecule has 0 radical (unpaired) electrons. The molecule has 3 rings (SSSR count). The largest absolute Gasteiger partial charge is 0.490 e. The van der Waals surface area contributed by atoms with Crippen LogP contribution in [0.4, 0.5) is 5.69 Å². The van der Waals surface area contributed by atoms with Gasteiger partial charge in [0.25, 0.3) is 0 Å². The van der Waals surface area contributed by atoms with Crippen LogP contribution in [0.5, 0.6) is 5.75 Å². The van der Waals surface area contributed by atoms with E-state index in [0.717, 1.165) is 15.6 Å². The first-order valence-corrected chi connectivity index (χ1v) is 11.4. The van der Waals surface area contributed by atoms with E-state index in [0.29, 0.717) is 31.8 Å². The van der Waals surface area contributed by atoms with E-state index in [4.69, 9.17) is 9.47 Å². The molecule has 0 bridgehead atoms. The average molecular weight is 495 g/mol. The minimum absolute atomic E-state index is 0.0649. The minimum atomic E-state index is -0.466. The molecule has 30 heavy (non-hydrogen) atoms. The summed E-state index contributed by atoms with van der Waals surface area (Å²) in [6.07, 6.45) is 1.43. The fourth-order valence-electron chi connectivity index (χ4n) is 3.52. The number of carbonyl (C=O) groups is 1. The molecule has 1 fully saturated rings. The Hall–Kier alpha value is -2.10. The molecule has 1 N–H and O–H groups in total. The maximum Gasteiger partial charge on any atom is 0.311 e. The second kappa shape index (κ2) is 10.3. The minimum Gasteiger partial charge on any atom is -0.490 e. The number of benzene rings is 2. The summed E-state index contributed by atoms with van der Waals surface area (Å²) < 4.78 is 11.5. The normalized spacial score (nSPS) is 15.4. The lowest BCUT2D eigenvalue weighted by atomic mass is 9.82. The topological polar surface area (TPSA) is 90.7 Å². The number of nitrogens with zero attached hydrogens (tertiary/aromatic N) is 1. The highest BCUT2D eigenvalue weighted by atomic mass is 79.9. The van der Waals surface area contributed by atoms with E-state index < -0.39 is 10.5 Å². The van der Waals surface area contributed by atoms with Crippen molar-refractivity contribution in [3.8, 4) is 5.75 Å². The molecular formula is C21H23BrN2O5S. The molecule has 1 amide bonds. The third kappa shape index (κ3) is 5.53. The molecule has 9 heteroatoms. The lowest BCUT2D eigenvalue weighted by molar-refractivity contribution is -0.385. The van der Waals surface area contributed by atoms with Gasteiger partial charge in [0, 0.05) is 29.5 Å². The Labute approximate surface area is 187 Å². The third-order valence-electron chi connectivity index (χ3n) is 5.04. The number of nitro groups is 1. The van der Waals surface area contributed by atoms with Gasteiger partial charge in [-0.1, -0.05) is 34.1 Å². The molecule has 1 aliphatic rings. The van der Waals surface area contributed by atoms with Crippen LogP contribution in [0.15, 0.2) is 46.9 Å². The summed E-state index contributed by atoms with van der Waals surface area (Å²) >= 11 is 4.93. The molecule has 160 valence electrons. The quantitative estimate of drug-likeness (QED) is 0.431. The smallest absolute Gasteiger partial charge is 0.311 e. The van der Waals surface area contributed by atoms with Gasteiger partial charge in [0.05, 0.1) is 23.3 Å². The van der Waals surface area contributed by atoms with Gasteiger partial charge >= 0.3 is 5.69 Å². The predicted molar refractivity (Wildman–Crippen MR) is 120 cm³/mol. The average Bonchev–Trinajstić information content (AvgIpc) is 2.74. The first-order chi connectivity index (χ1) is 14.4. The lowest BCUT2D eigenvalue weighted by Gasteiger charge is -2.38. The van der Waals surface area contributed by atoms with Crippen LogP contribution < -0.4 is 10.1 Å². The third-order valence-corrected chi connectivity index (χ3v) is 6.54. The lowest BCUT2D eigenvalue weighted by Crippen LogP contribution is -2.50. The summed E-state index contributed by atoms with van der Waals surface area (Å²) in [7, 11) is 1.40. The van der Waals surface area contributed by atoms with Gasteiger partial charge in [-0.2, -0.15) is 0 Å². The van der Waals surface area contributed by atoms with Gasteiger partial charge in [0.2, 0.25) is 5.91 Å². The van der Waals surface area contributed by atoms with Crippen LogP contribution in [0.3, 0.4) is 0 Å². The van der Waals surface area contributed by atoms with Crippen molar-refractivity contribution in [2.24, 2.45) is 0 Å². The van der Waals surface area contributed by atoms with Gasteiger partial charge in [-0.05, 0) is 42.2 Å². The Morgan fingerprint density at radius 3 is 2.73 bits per heavy atom. The molecular weight excluding hydrogens is 472 g/mol. The zero-order valence-electron chi connectivity index (χ0n) is 16.6. The summed E-state index contributed by atoms with van der Waals surface area (Å²) in [4.78, 5) is 23.4. The maximum atomic E-state index is 12.7. The van der Waals surface area contributed by atoms with Crippen molar-refractivity contribution in [3.63, 3.8) is 0 Å². The van der Waals surface area contributed by atoms with Gasteiger partial charge in [-0.25, -0.2) is 0 Å². The summed E-state index contributed by atoms with van der Waals surface area (Å²) in [5.41, 5.74) is 1.31. The van der Waals surface area contributed by atoms with Crippen LogP contribution in [0.25, 0.3) is 0 Å². The van der Waals surface area contributed by atoms with Crippen LogP contribution in [0.2, 0.25) is 0 Å². The highest BCUT2D eigenvalue weighted by molar-refractivity contribution is 9.10. The molecule has 0 atom stereocenters. The van der Waals surface area contributed by atoms with Gasteiger partial charge in [0.15, 0.2) is 5.75 Å².